The fraction of sp³-hybridized carbons (Fsp3) is 0.481. The molecule has 13 nitrogen and oxygen atoms in total. The maximum absolute atomic E-state index is 13.1. The predicted octanol–water partition coefficient (Wildman–Crippen LogP) is 2.81. The van der Waals surface area contributed by atoms with E-state index in [2.05, 4.69) is 10.3 Å². The molecule has 2 aliphatic heterocycles. The zero-order chi connectivity index (χ0) is 29.9. The van der Waals surface area contributed by atoms with Gasteiger partial charge in [-0.3, -0.25) is 28.2 Å². The summed E-state index contributed by atoms with van der Waals surface area (Å²) < 4.78 is 41.8. The van der Waals surface area contributed by atoms with Crippen molar-refractivity contribution < 1.29 is 37.2 Å². The first-order chi connectivity index (χ1) is 19.2. The molecule has 14 heteroatoms. The number of nitrogens with one attached hydrogen (secondary N) is 2. The van der Waals surface area contributed by atoms with Crippen molar-refractivity contribution in [1.29, 1.82) is 0 Å². The largest absolute Gasteiger partial charge is 0.530 e. The first-order valence-corrected chi connectivity index (χ1v) is 14.6. The van der Waals surface area contributed by atoms with Crippen LogP contribution in [0.3, 0.4) is 0 Å². The van der Waals surface area contributed by atoms with Crippen LogP contribution >= 0.6 is 7.82 Å². The molecule has 3 heterocycles. The lowest BCUT2D eigenvalue weighted by atomic mass is 10.1. The number of fused-ring (bicyclic) bond motifs is 1. The summed E-state index contributed by atoms with van der Waals surface area (Å²) in [5, 5.41) is 2.64. The number of carbonyl (C=O) groups is 2. The molecule has 4 rings (SSSR count). The van der Waals surface area contributed by atoms with Crippen LogP contribution in [0.1, 0.15) is 57.0 Å². The van der Waals surface area contributed by atoms with Gasteiger partial charge in [-0.05, 0) is 64.8 Å². The Bertz CT molecular complexity index is 1510. The minimum Gasteiger partial charge on any atom is -0.458 e. The van der Waals surface area contributed by atoms with Crippen LogP contribution < -0.4 is 21.1 Å². The summed E-state index contributed by atoms with van der Waals surface area (Å²) in [5.41, 5.74) is 0.0984. The van der Waals surface area contributed by atoms with E-state index in [1.165, 1.54) is 10.8 Å². The highest BCUT2D eigenvalue weighted by atomic mass is 31.2. The van der Waals surface area contributed by atoms with Crippen molar-refractivity contribution in [3.05, 3.63) is 74.1 Å². The van der Waals surface area contributed by atoms with Gasteiger partial charge in [-0.2, -0.15) is 0 Å². The molecule has 0 saturated carbocycles. The van der Waals surface area contributed by atoms with E-state index in [4.69, 9.17) is 23.0 Å². The van der Waals surface area contributed by atoms with Crippen molar-refractivity contribution in [2.45, 2.75) is 78.0 Å². The summed E-state index contributed by atoms with van der Waals surface area (Å²) in [5.74, 6) is -0.463. The Morgan fingerprint density at radius 1 is 1.24 bits per heavy atom. The Balaban J connectivity index is 1.26. The van der Waals surface area contributed by atoms with Gasteiger partial charge in [0.15, 0.2) is 6.23 Å². The van der Waals surface area contributed by atoms with Crippen molar-refractivity contribution in [3.8, 4) is 5.75 Å². The summed E-state index contributed by atoms with van der Waals surface area (Å²) >= 11 is 0. The highest BCUT2D eigenvalue weighted by molar-refractivity contribution is 7.49. The molecule has 222 valence electrons. The number of hydrogen-bond acceptors (Lipinski definition) is 10. The number of ether oxygens (including phenoxy) is 2. The van der Waals surface area contributed by atoms with Gasteiger partial charge in [-0.15, -0.1) is 0 Å². The minimum atomic E-state index is -3.94. The van der Waals surface area contributed by atoms with E-state index in [0.29, 0.717) is 23.3 Å². The monoisotopic (exact) mass is 591 g/mol. The third-order valence-electron chi connectivity index (χ3n) is 6.11. The van der Waals surface area contributed by atoms with Crippen molar-refractivity contribution in [3.63, 3.8) is 0 Å². The molecule has 1 aromatic heterocycles. The van der Waals surface area contributed by atoms with E-state index in [9.17, 15) is 23.7 Å². The quantitative estimate of drug-likeness (QED) is 0.252. The molecule has 2 N–H and O–H groups in total. The molecule has 0 aliphatic carbocycles. The maximum Gasteiger partial charge on any atom is 0.530 e. The second-order valence-corrected chi connectivity index (χ2v) is 12.4. The number of carbonyl (C=O) groups excluding carboxylic acids is 2. The van der Waals surface area contributed by atoms with Crippen molar-refractivity contribution in [2.75, 3.05) is 6.61 Å². The number of aromatic amines is 1. The first kappa shape index (κ1) is 30.4. The Morgan fingerprint density at radius 2 is 2.00 bits per heavy atom. The minimum absolute atomic E-state index is 0.0294. The van der Waals surface area contributed by atoms with Crippen molar-refractivity contribution in [2.24, 2.45) is 0 Å². The average Bonchev–Trinajstić information content (AvgIpc) is 3.36. The molecule has 0 spiro atoms. The lowest BCUT2D eigenvalue weighted by Crippen LogP contribution is -2.42. The van der Waals surface area contributed by atoms with Gasteiger partial charge in [0, 0.05) is 23.7 Å². The van der Waals surface area contributed by atoms with Crippen LogP contribution in [-0.2, 0) is 45.7 Å². The zero-order valence-electron chi connectivity index (χ0n) is 23.5. The number of hydrogen-bond donors (Lipinski definition) is 2. The van der Waals surface area contributed by atoms with Crippen LogP contribution in [-0.4, -0.2) is 45.8 Å². The van der Waals surface area contributed by atoms with Gasteiger partial charge in [-0.1, -0.05) is 12.1 Å². The Hall–Kier alpha value is -3.51. The normalized spacial score (nSPS) is 22.5. The fourth-order valence-electron chi connectivity index (χ4n) is 4.05. The Labute approximate surface area is 236 Å². The van der Waals surface area contributed by atoms with E-state index < -0.39 is 49.0 Å². The summed E-state index contributed by atoms with van der Waals surface area (Å²) in [4.78, 5) is 50.3. The number of amides is 1. The van der Waals surface area contributed by atoms with Crippen LogP contribution in [0.15, 0.2) is 46.1 Å². The summed E-state index contributed by atoms with van der Waals surface area (Å²) in [6, 6.07) is 4.40. The summed E-state index contributed by atoms with van der Waals surface area (Å²) in [6.07, 6.45) is 3.83. The molecule has 0 bridgehead atoms. The average molecular weight is 592 g/mol. The van der Waals surface area contributed by atoms with Gasteiger partial charge in [0.05, 0.1) is 13.2 Å². The van der Waals surface area contributed by atoms with Gasteiger partial charge < -0.3 is 19.3 Å². The molecule has 1 aromatic carbocycles. The van der Waals surface area contributed by atoms with Crippen LogP contribution in [0, 0.1) is 6.92 Å². The van der Waals surface area contributed by atoms with Gasteiger partial charge in [-0.25, -0.2) is 14.2 Å². The maximum atomic E-state index is 13.1. The summed E-state index contributed by atoms with van der Waals surface area (Å²) in [6.45, 7) is 8.23. The number of esters is 1. The molecular formula is C27H34N3O10P. The lowest BCUT2D eigenvalue weighted by Gasteiger charge is -2.26. The van der Waals surface area contributed by atoms with E-state index in [0.717, 1.165) is 5.56 Å². The van der Waals surface area contributed by atoms with Crippen LogP contribution in [0.25, 0.3) is 0 Å². The summed E-state index contributed by atoms with van der Waals surface area (Å²) in [7, 11) is -3.94. The van der Waals surface area contributed by atoms with Crippen LogP contribution in [0.2, 0.25) is 0 Å². The number of aryl methyl sites for hydroxylation is 2. The van der Waals surface area contributed by atoms with Gasteiger partial charge in [0.25, 0.3) is 5.56 Å². The fourth-order valence-corrected chi connectivity index (χ4v) is 5.28. The molecule has 2 aliphatic rings. The third-order valence-corrected chi connectivity index (χ3v) is 7.44. The molecule has 0 saturated heterocycles. The number of nitrogens with zero attached hydrogens (tertiary/aromatic N) is 1. The van der Waals surface area contributed by atoms with E-state index >= 15 is 0 Å². The van der Waals surface area contributed by atoms with Crippen molar-refractivity contribution >= 4 is 19.7 Å². The molecule has 4 atom stereocenters. The third kappa shape index (κ3) is 8.04. The van der Waals surface area contributed by atoms with Crippen LogP contribution in [0.5, 0.6) is 5.75 Å². The number of rotatable bonds is 9. The first-order valence-electron chi connectivity index (χ1n) is 13.1. The molecule has 41 heavy (non-hydrogen) atoms. The molecular weight excluding hydrogens is 557 g/mol. The number of benzene rings is 1. The number of phosphoric ester groups is 1. The number of H-pyrrole nitrogens is 1. The standard InChI is InChI=1S/C27H34N3O10P/c1-16-13-30(26(34)29-24(16)32)23-11-8-20(38-23)15-37-41(35)36-14-19-12-18(6-9-21(19)40-41)7-10-22(31)28-17(2)25(33)39-27(3,4)5/h6,8-9,11-13,17,20,23H,7,10,14-15H2,1-5H3,(H,28,31)(H,29,32,34)/t17-,20-,23+,41?/m0/s1. The molecule has 2 aromatic rings. The van der Waals surface area contributed by atoms with E-state index in [1.807, 2.05) is 0 Å². The molecule has 1 unspecified atom stereocenters. The second kappa shape index (κ2) is 12.2. The predicted molar refractivity (Wildman–Crippen MR) is 146 cm³/mol. The second-order valence-electron chi connectivity index (χ2n) is 10.8. The van der Waals surface area contributed by atoms with Gasteiger partial charge in [0.2, 0.25) is 5.91 Å². The van der Waals surface area contributed by atoms with Crippen LogP contribution in [0.4, 0.5) is 0 Å². The van der Waals surface area contributed by atoms with E-state index in [-0.39, 0.29) is 25.5 Å². The molecule has 1 amide bonds. The lowest BCUT2D eigenvalue weighted by molar-refractivity contribution is -0.158. The highest BCUT2D eigenvalue weighted by Gasteiger charge is 2.36. The number of phosphoric acid groups is 1. The molecule has 0 radical (unpaired) electrons. The number of aromatic nitrogens is 2. The van der Waals surface area contributed by atoms with E-state index in [1.54, 1.807) is 65.0 Å². The highest BCUT2D eigenvalue weighted by Crippen LogP contribution is 2.54. The Kier molecular flexibility index (Phi) is 9.03. The zero-order valence-corrected chi connectivity index (χ0v) is 24.4. The van der Waals surface area contributed by atoms with Crippen molar-refractivity contribution in [1.82, 2.24) is 14.9 Å². The Morgan fingerprint density at radius 3 is 2.73 bits per heavy atom. The van der Waals surface area contributed by atoms with Gasteiger partial charge >= 0.3 is 19.5 Å². The molecule has 0 fully saturated rings. The topological polar surface area (TPSA) is 164 Å². The smallest absolute Gasteiger partial charge is 0.458 e. The SMILES string of the molecule is Cc1cn([C@H]2C=C[C@@H](COP3(=O)OCc4cc(CCC(=O)N[C@@H](C)C(=O)OC(C)(C)C)ccc4O3)O2)c(=O)[nH]c1=O. The van der Waals surface area contributed by atoms with Gasteiger partial charge in [0.1, 0.15) is 23.5 Å².